The van der Waals surface area contributed by atoms with Gasteiger partial charge in [-0.15, -0.1) is 0 Å². The Bertz CT molecular complexity index is 479. The first-order valence-corrected chi connectivity index (χ1v) is 5.63. The van der Waals surface area contributed by atoms with Crippen molar-refractivity contribution in [3.8, 4) is 5.88 Å². The molecule has 1 saturated carbocycles. The number of nitrogens with zero attached hydrogens (tertiary/aromatic N) is 3. The normalized spacial score (nSPS) is 14.3. The Labute approximate surface area is 104 Å². The Kier molecular flexibility index (Phi) is 3.22. The van der Waals surface area contributed by atoms with Gasteiger partial charge in [-0.3, -0.25) is 9.59 Å². The van der Waals surface area contributed by atoms with Gasteiger partial charge in [-0.2, -0.15) is 5.10 Å². The number of aliphatic carboxylic acids is 1. The molecule has 7 nitrogen and oxygen atoms in total. The minimum absolute atomic E-state index is 0.0293. The first-order chi connectivity index (χ1) is 8.52. The molecular formula is C11H15N3O4. The lowest BCUT2D eigenvalue weighted by Crippen LogP contribution is -2.37. The molecule has 1 aromatic rings. The molecule has 0 aliphatic heterocycles. The van der Waals surface area contributed by atoms with Crippen molar-refractivity contribution in [2.75, 3.05) is 13.7 Å². The summed E-state index contributed by atoms with van der Waals surface area (Å²) in [7, 11) is 3.15. The predicted octanol–water partition coefficient (Wildman–Crippen LogP) is 0.118. The molecular weight excluding hydrogens is 238 g/mol. The second-order valence-electron chi connectivity index (χ2n) is 4.25. The van der Waals surface area contributed by atoms with E-state index in [0.29, 0.717) is 5.88 Å². The number of hydrogen-bond acceptors (Lipinski definition) is 4. The van der Waals surface area contributed by atoms with E-state index < -0.39 is 5.97 Å². The van der Waals surface area contributed by atoms with Gasteiger partial charge in [0.05, 0.1) is 7.11 Å². The first-order valence-electron chi connectivity index (χ1n) is 5.63. The number of rotatable bonds is 5. The Balaban J connectivity index is 2.18. The molecule has 1 aromatic heterocycles. The molecule has 0 spiro atoms. The van der Waals surface area contributed by atoms with Gasteiger partial charge in [-0.05, 0) is 12.8 Å². The molecule has 98 valence electrons. The third-order valence-corrected chi connectivity index (χ3v) is 2.82. The summed E-state index contributed by atoms with van der Waals surface area (Å²) in [6.07, 6.45) is 1.70. The van der Waals surface area contributed by atoms with Gasteiger partial charge in [-0.1, -0.05) is 0 Å². The maximum atomic E-state index is 12.2. The maximum Gasteiger partial charge on any atom is 0.323 e. The number of methoxy groups -OCH3 is 1. The van der Waals surface area contributed by atoms with Gasteiger partial charge < -0.3 is 14.7 Å². The number of hydrogen-bond donors (Lipinski definition) is 1. The second kappa shape index (κ2) is 4.67. The molecule has 1 N–H and O–H groups in total. The van der Waals surface area contributed by atoms with Crippen LogP contribution in [0, 0.1) is 0 Å². The SMILES string of the molecule is COc1cc(C(=O)N(CC(=O)O)C2CC2)nn1C. The molecule has 0 atom stereocenters. The van der Waals surface area contributed by atoms with Crippen LogP contribution in [0.4, 0.5) is 0 Å². The number of ether oxygens (including phenoxy) is 1. The standard InChI is InChI=1S/C11H15N3O4/c1-13-9(18-2)5-8(12-13)11(17)14(6-10(15)16)7-3-4-7/h5,7H,3-4,6H2,1-2H3,(H,15,16). The fourth-order valence-corrected chi connectivity index (χ4v) is 1.79. The van der Waals surface area contributed by atoms with Gasteiger partial charge in [0, 0.05) is 19.2 Å². The van der Waals surface area contributed by atoms with Gasteiger partial charge in [0.25, 0.3) is 5.91 Å². The third-order valence-electron chi connectivity index (χ3n) is 2.82. The monoisotopic (exact) mass is 253 g/mol. The quantitative estimate of drug-likeness (QED) is 0.805. The molecule has 0 unspecified atom stereocenters. The summed E-state index contributed by atoms with van der Waals surface area (Å²) >= 11 is 0. The fourth-order valence-electron chi connectivity index (χ4n) is 1.79. The van der Waals surface area contributed by atoms with E-state index in [4.69, 9.17) is 9.84 Å². The minimum Gasteiger partial charge on any atom is -0.481 e. The van der Waals surface area contributed by atoms with Gasteiger partial charge in [0.15, 0.2) is 5.69 Å². The molecule has 1 aliphatic carbocycles. The predicted molar refractivity (Wildman–Crippen MR) is 61.5 cm³/mol. The molecule has 7 heteroatoms. The third kappa shape index (κ3) is 2.44. The largest absolute Gasteiger partial charge is 0.481 e. The highest BCUT2D eigenvalue weighted by Crippen LogP contribution is 2.28. The van der Waals surface area contributed by atoms with Crippen LogP contribution >= 0.6 is 0 Å². The van der Waals surface area contributed by atoms with Gasteiger partial charge >= 0.3 is 5.97 Å². The van der Waals surface area contributed by atoms with Crippen molar-refractivity contribution in [1.29, 1.82) is 0 Å². The fraction of sp³-hybridized carbons (Fsp3) is 0.545. The molecule has 1 amide bonds. The maximum absolute atomic E-state index is 12.2. The van der Waals surface area contributed by atoms with E-state index in [-0.39, 0.29) is 24.2 Å². The van der Waals surface area contributed by atoms with Gasteiger partial charge in [-0.25, -0.2) is 4.68 Å². The van der Waals surface area contributed by atoms with Crippen LogP contribution in [-0.2, 0) is 11.8 Å². The molecule has 1 fully saturated rings. The number of carbonyl (C=O) groups is 2. The molecule has 1 aliphatic rings. The second-order valence-corrected chi connectivity index (χ2v) is 4.25. The number of aromatic nitrogens is 2. The lowest BCUT2D eigenvalue weighted by Gasteiger charge is -2.18. The molecule has 18 heavy (non-hydrogen) atoms. The van der Waals surface area contributed by atoms with Crippen molar-refractivity contribution < 1.29 is 19.4 Å². The van der Waals surface area contributed by atoms with Gasteiger partial charge in [0.2, 0.25) is 5.88 Å². The number of amides is 1. The Morgan fingerprint density at radius 2 is 2.28 bits per heavy atom. The smallest absolute Gasteiger partial charge is 0.323 e. The van der Waals surface area contributed by atoms with Crippen LogP contribution in [-0.4, -0.2) is 51.4 Å². The highest BCUT2D eigenvalue weighted by molar-refractivity contribution is 5.94. The number of carboxylic acids is 1. The summed E-state index contributed by atoms with van der Waals surface area (Å²) in [5.74, 6) is -0.915. The zero-order valence-electron chi connectivity index (χ0n) is 10.3. The average Bonchev–Trinajstić information content (AvgIpc) is 3.08. The van der Waals surface area contributed by atoms with Crippen molar-refractivity contribution >= 4 is 11.9 Å². The lowest BCUT2D eigenvalue weighted by atomic mass is 10.3. The van der Waals surface area contributed by atoms with E-state index in [1.807, 2.05) is 0 Å². The zero-order valence-corrected chi connectivity index (χ0v) is 10.3. The van der Waals surface area contributed by atoms with Crippen molar-refractivity contribution in [1.82, 2.24) is 14.7 Å². The van der Waals surface area contributed by atoms with Crippen LogP contribution in [0.15, 0.2) is 6.07 Å². The molecule has 0 radical (unpaired) electrons. The van der Waals surface area contributed by atoms with Crippen molar-refractivity contribution in [2.45, 2.75) is 18.9 Å². The minimum atomic E-state index is -1.02. The van der Waals surface area contributed by atoms with Crippen LogP contribution in [0.5, 0.6) is 5.88 Å². The summed E-state index contributed by atoms with van der Waals surface area (Å²) in [6.45, 7) is -0.289. The highest BCUT2D eigenvalue weighted by Gasteiger charge is 2.35. The zero-order chi connectivity index (χ0) is 13.3. The number of carboxylic acid groups (broad SMARTS) is 1. The van der Waals surface area contributed by atoms with Crippen LogP contribution in [0.1, 0.15) is 23.3 Å². The number of carbonyl (C=O) groups excluding carboxylic acids is 1. The van der Waals surface area contributed by atoms with Crippen molar-refractivity contribution in [3.05, 3.63) is 11.8 Å². The average molecular weight is 253 g/mol. The van der Waals surface area contributed by atoms with Crippen LogP contribution in [0.2, 0.25) is 0 Å². The van der Waals surface area contributed by atoms with E-state index in [2.05, 4.69) is 5.10 Å². The first kappa shape index (κ1) is 12.4. The van der Waals surface area contributed by atoms with Gasteiger partial charge in [0.1, 0.15) is 6.54 Å². The van der Waals surface area contributed by atoms with Crippen molar-refractivity contribution in [3.63, 3.8) is 0 Å². The summed E-state index contributed by atoms with van der Waals surface area (Å²) in [5, 5.41) is 12.8. The van der Waals surface area contributed by atoms with E-state index in [9.17, 15) is 9.59 Å². The topological polar surface area (TPSA) is 84.7 Å². The Hall–Kier alpha value is -2.05. The Morgan fingerprint density at radius 3 is 2.72 bits per heavy atom. The Morgan fingerprint density at radius 1 is 1.61 bits per heavy atom. The van der Waals surface area contributed by atoms with E-state index in [1.165, 1.54) is 22.8 Å². The lowest BCUT2D eigenvalue weighted by molar-refractivity contribution is -0.137. The summed E-state index contributed by atoms with van der Waals surface area (Å²) in [5.41, 5.74) is 0.211. The highest BCUT2D eigenvalue weighted by atomic mass is 16.5. The van der Waals surface area contributed by atoms with E-state index in [0.717, 1.165) is 12.8 Å². The van der Waals surface area contributed by atoms with Crippen LogP contribution in [0.3, 0.4) is 0 Å². The van der Waals surface area contributed by atoms with Crippen LogP contribution in [0.25, 0.3) is 0 Å². The summed E-state index contributed by atoms with van der Waals surface area (Å²) < 4.78 is 6.47. The number of aryl methyl sites for hydroxylation is 1. The van der Waals surface area contributed by atoms with Crippen molar-refractivity contribution in [2.24, 2.45) is 7.05 Å². The summed E-state index contributed by atoms with van der Waals surface area (Å²) in [4.78, 5) is 24.3. The van der Waals surface area contributed by atoms with Crippen LogP contribution < -0.4 is 4.74 Å². The van der Waals surface area contributed by atoms with E-state index >= 15 is 0 Å². The molecule has 0 bridgehead atoms. The molecule has 1 heterocycles. The molecule has 2 rings (SSSR count). The molecule has 0 aromatic carbocycles. The molecule has 0 saturated heterocycles. The van der Waals surface area contributed by atoms with E-state index in [1.54, 1.807) is 7.05 Å². The summed E-state index contributed by atoms with van der Waals surface area (Å²) in [6, 6.07) is 1.54.